The summed E-state index contributed by atoms with van der Waals surface area (Å²) in [5, 5.41) is 12.1. The van der Waals surface area contributed by atoms with E-state index < -0.39 is 5.97 Å². The molecule has 1 heterocycles. The molecule has 0 aromatic heterocycles. The van der Waals surface area contributed by atoms with Crippen molar-refractivity contribution in [2.75, 3.05) is 13.2 Å². The molecule has 4 heteroatoms. The Morgan fingerprint density at radius 2 is 2.27 bits per heavy atom. The maximum absolute atomic E-state index is 10.8. The lowest BCUT2D eigenvalue weighted by molar-refractivity contribution is -0.139. The Hall–Kier alpha value is -0.610. The van der Waals surface area contributed by atoms with Gasteiger partial charge in [0.1, 0.15) is 6.23 Å². The molecule has 0 aromatic rings. The van der Waals surface area contributed by atoms with Gasteiger partial charge in [-0.25, -0.2) is 0 Å². The van der Waals surface area contributed by atoms with Crippen molar-refractivity contribution in [2.24, 2.45) is 11.3 Å². The Labute approximate surface area is 91.0 Å². The molecule has 1 rings (SSSR count). The third kappa shape index (κ3) is 4.62. The molecule has 1 fully saturated rings. The van der Waals surface area contributed by atoms with Gasteiger partial charge in [0.15, 0.2) is 0 Å². The summed E-state index contributed by atoms with van der Waals surface area (Å²) in [5.74, 6) is -0.688. The first kappa shape index (κ1) is 12.5. The van der Waals surface area contributed by atoms with Crippen LogP contribution in [0.2, 0.25) is 0 Å². The fourth-order valence-corrected chi connectivity index (χ4v) is 2.05. The summed E-state index contributed by atoms with van der Waals surface area (Å²) in [6.07, 6.45) is 0.951. The van der Waals surface area contributed by atoms with E-state index in [1.165, 1.54) is 0 Å². The fourth-order valence-electron chi connectivity index (χ4n) is 2.05. The summed E-state index contributed by atoms with van der Waals surface area (Å²) < 4.78 is 5.49. The molecule has 15 heavy (non-hydrogen) atoms. The first-order chi connectivity index (χ1) is 6.88. The Morgan fingerprint density at radius 3 is 2.67 bits per heavy atom. The van der Waals surface area contributed by atoms with Gasteiger partial charge in [-0.3, -0.25) is 10.1 Å². The molecule has 4 nitrogen and oxygen atoms in total. The van der Waals surface area contributed by atoms with Gasteiger partial charge in [-0.1, -0.05) is 20.8 Å². The number of carboxylic acids is 1. The Bertz CT molecular complexity index is 216. The van der Waals surface area contributed by atoms with Crippen molar-refractivity contribution < 1.29 is 14.6 Å². The van der Waals surface area contributed by atoms with Crippen molar-refractivity contribution in [1.29, 1.82) is 0 Å². The minimum absolute atomic E-state index is 0.0602. The molecule has 0 amide bonds. The van der Waals surface area contributed by atoms with Gasteiger partial charge in [-0.05, 0) is 11.8 Å². The van der Waals surface area contributed by atoms with E-state index in [1.807, 2.05) is 0 Å². The van der Waals surface area contributed by atoms with Gasteiger partial charge >= 0.3 is 5.97 Å². The number of hydrogen-bond acceptors (Lipinski definition) is 3. The van der Waals surface area contributed by atoms with Crippen molar-refractivity contribution in [1.82, 2.24) is 5.32 Å². The van der Waals surface area contributed by atoms with E-state index in [0.717, 1.165) is 13.0 Å². The zero-order valence-corrected chi connectivity index (χ0v) is 9.75. The topological polar surface area (TPSA) is 58.6 Å². The average Bonchev–Trinajstić information content (AvgIpc) is 2.50. The number of ether oxygens (including phenoxy) is 1. The van der Waals surface area contributed by atoms with Crippen LogP contribution in [-0.2, 0) is 9.53 Å². The number of nitrogens with one attached hydrogen (secondary N) is 1. The summed E-state index contributed by atoms with van der Waals surface area (Å²) in [6.45, 7) is 7.88. The Kier molecular flexibility index (Phi) is 4.11. The zero-order chi connectivity index (χ0) is 11.5. The normalized spacial score (nSPS) is 24.1. The number of aliphatic carboxylic acids is 1. The molecule has 2 atom stereocenters. The first-order valence-electron chi connectivity index (χ1n) is 5.45. The summed E-state index contributed by atoms with van der Waals surface area (Å²) in [6, 6.07) is 0. The SMILES string of the molecule is CC(C)(C)CC(CC(=O)O)C1NCCO1. The summed E-state index contributed by atoms with van der Waals surface area (Å²) in [4.78, 5) is 10.8. The minimum Gasteiger partial charge on any atom is -0.481 e. The van der Waals surface area contributed by atoms with Crippen LogP contribution < -0.4 is 5.32 Å². The molecule has 0 spiro atoms. The van der Waals surface area contributed by atoms with E-state index in [4.69, 9.17) is 9.84 Å². The van der Waals surface area contributed by atoms with Crippen molar-refractivity contribution in [3.05, 3.63) is 0 Å². The Morgan fingerprint density at radius 1 is 1.60 bits per heavy atom. The Balaban J connectivity index is 2.55. The van der Waals surface area contributed by atoms with Crippen LogP contribution in [0.25, 0.3) is 0 Å². The molecule has 0 saturated carbocycles. The van der Waals surface area contributed by atoms with E-state index in [9.17, 15) is 4.79 Å². The second-order valence-corrected chi connectivity index (χ2v) is 5.37. The van der Waals surface area contributed by atoms with E-state index in [0.29, 0.717) is 6.61 Å². The van der Waals surface area contributed by atoms with Gasteiger partial charge in [0, 0.05) is 12.5 Å². The van der Waals surface area contributed by atoms with Crippen LogP contribution in [0.3, 0.4) is 0 Å². The minimum atomic E-state index is -0.749. The van der Waals surface area contributed by atoms with Crippen LogP contribution in [0.5, 0.6) is 0 Å². The van der Waals surface area contributed by atoms with E-state index in [2.05, 4.69) is 26.1 Å². The third-order valence-electron chi connectivity index (χ3n) is 2.48. The standard InChI is InChI=1S/C11H21NO3/c1-11(2,3)7-8(6-9(13)14)10-12-4-5-15-10/h8,10,12H,4-7H2,1-3H3,(H,13,14). The molecular formula is C11H21NO3. The molecule has 0 aromatic carbocycles. The van der Waals surface area contributed by atoms with Crippen LogP contribution in [0.1, 0.15) is 33.6 Å². The number of carboxylic acid groups (broad SMARTS) is 1. The van der Waals surface area contributed by atoms with Gasteiger partial charge < -0.3 is 9.84 Å². The van der Waals surface area contributed by atoms with E-state index in [1.54, 1.807) is 0 Å². The van der Waals surface area contributed by atoms with E-state index >= 15 is 0 Å². The largest absolute Gasteiger partial charge is 0.481 e. The number of hydrogen-bond donors (Lipinski definition) is 2. The van der Waals surface area contributed by atoms with Crippen LogP contribution in [-0.4, -0.2) is 30.5 Å². The molecule has 1 saturated heterocycles. The van der Waals surface area contributed by atoms with Crippen LogP contribution in [0, 0.1) is 11.3 Å². The van der Waals surface area contributed by atoms with Crippen molar-refractivity contribution >= 4 is 5.97 Å². The molecular weight excluding hydrogens is 194 g/mol. The highest BCUT2D eigenvalue weighted by Crippen LogP contribution is 2.29. The van der Waals surface area contributed by atoms with Gasteiger partial charge in [-0.15, -0.1) is 0 Å². The van der Waals surface area contributed by atoms with E-state index in [-0.39, 0.29) is 24.0 Å². The predicted molar refractivity (Wildman–Crippen MR) is 57.6 cm³/mol. The van der Waals surface area contributed by atoms with Crippen LogP contribution >= 0.6 is 0 Å². The van der Waals surface area contributed by atoms with Crippen molar-refractivity contribution in [2.45, 2.75) is 39.8 Å². The highest BCUT2D eigenvalue weighted by atomic mass is 16.5. The van der Waals surface area contributed by atoms with Crippen molar-refractivity contribution in [3.8, 4) is 0 Å². The first-order valence-corrected chi connectivity index (χ1v) is 5.45. The highest BCUT2D eigenvalue weighted by molar-refractivity contribution is 5.67. The van der Waals surface area contributed by atoms with Crippen LogP contribution in [0.4, 0.5) is 0 Å². The predicted octanol–water partition coefficient (Wildman–Crippen LogP) is 1.46. The molecule has 2 N–H and O–H groups in total. The van der Waals surface area contributed by atoms with Crippen molar-refractivity contribution in [3.63, 3.8) is 0 Å². The second-order valence-electron chi connectivity index (χ2n) is 5.37. The highest BCUT2D eigenvalue weighted by Gasteiger charge is 2.30. The van der Waals surface area contributed by atoms with Gasteiger partial charge in [0.05, 0.1) is 13.0 Å². The lowest BCUT2D eigenvalue weighted by atomic mass is 9.82. The lowest BCUT2D eigenvalue weighted by Gasteiger charge is -2.28. The summed E-state index contributed by atoms with van der Waals surface area (Å²) >= 11 is 0. The van der Waals surface area contributed by atoms with Gasteiger partial charge in [-0.2, -0.15) is 0 Å². The average molecular weight is 215 g/mol. The fraction of sp³-hybridized carbons (Fsp3) is 0.909. The smallest absolute Gasteiger partial charge is 0.303 e. The molecule has 88 valence electrons. The molecule has 0 radical (unpaired) electrons. The summed E-state index contributed by atoms with van der Waals surface area (Å²) in [5.41, 5.74) is 0.133. The maximum Gasteiger partial charge on any atom is 0.303 e. The molecule has 1 aliphatic heterocycles. The lowest BCUT2D eigenvalue weighted by Crippen LogP contribution is -2.35. The van der Waals surface area contributed by atoms with Gasteiger partial charge in [0.25, 0.3) is 0 Å². The zero-order valence-electron chi connectivity index (χ0n) is 9.75. The molecule has 0 aliphatic carbocycles. The second kappa shape index (κ2) is 4.94. The van der Waals surface area contributed by atoms with Crippen LogP contribution in [0.15, 0.2) is 0 Å². The molecule has 0 bridgehead atoms. The summed E-state index contributed by atoms with van der Waals surface area (Å²) in [7, 11) is 0. The quantitative estimate of drug-likeness (QED) is 0.745. The number of rotatable bonds is 4. The van der Waals surface area contributed by atoms with Gasteiger partial charge in [0.2, 0.25) is 0 Å². The third-order valence-corrected chi connectivity index (χ3v) is 2.48. The molecule has 1 aliphatic rings. The number of carbonyl (C=O) groups is 1. The maximum atomic E-state index is 10.8. The molecule has 2 unspecified atom stereocenters. The monoisotopic (exact) mass is 215 g/mol.